The van der Waals surface area contributed by atoms with Crippen LogP contribution in [0.4, 0.5) is 0 Å². The standard InChI is InChI=1S/C9H14N4/c1-2-3-4-5-8-11-9-6-7-10-13(9)12-8/h6-7H,2-5H2,1H3,(H,11,12). The summed E-state index contributed by atoms with van der Waals surface area (Å²) in [4.78, 5) is 3.22. The number of nitrogens with one attached hydrogen (secondary N) is 1. The highest BCUT2D eigenvalue weighted by molar-refractivity contribution is 5.34. The van der Waals surface area contributed by atoms with E-state index in [4.69, 9.17) is 0 Å². The number of nitrogens with zero attached hydrogens (tertiary/aromatic N) is 3. The smallest absolute Gasteiger partial charge is 0.155 e. The van der Waals surface area contributed by atoms with Crippen molar-refractivity contribution >= 4 is 5.65 Å². The molecule has 0 fully saturated rings. The zero-order chi connectivity index (χ0) is 9.10. The van der Waals surface area contributed by atoms with Crippen LogP contribution in [-0.4, -0.2) is 19.8 Å². The largest absolute Gasteiger partial charge is 0.325 e. The number of hydrogen-bond donors (Lipinski definition) is 1. The second-order valence-electron chi connectivity index (χ2n) is 3.23. The fourth-order valence-electron chi connectivity index (χ4n) is 1.41. The van der Waals surface area contributed by atoms with E-state index < -0.39 is 0 Å². The highest BCUT2D eigenvalue weighted by atomic mass is 15.4. The first-order valence-corrected chi connectivity index (χ1v) is 4.79. The van der Waals surface area contributed by atoms with Gasteiger partial charge in [-0.3, -0.25) is 0 Å². The van der Waals surface area contributed by atoms with Gasteiger partial charge in [-0.05, 0) is 6.42 Å². The third kappa shape index (κ3) is 1.71. The van der Waals surface area contributed by atoms with E-state index in [1.165, 1.54) is 19.3 Å². The minimum absolute atomic E-state index is 0.978. The molecule has 0 radical (unpaired) electrons. The van der Waals surface area contributed by atoms with Gasteiger partial charge in [0.1, 0.15) is 5.82 Å². The quantitative estimate of drug-likeness (QED) is 0.725. The van der Waals surface area contributed by atoms with E-state index in [2.05, 4.69) is 22.1 Å². The van der Waals surface area contributed by atoms with Gasteiger partial charge >= 0.3 is 0 Å². The Kier molecular flexibility index (Phi) is 2.29. The van der Waals surface area contributed by atoms with Gasteiger partial charge in [0.25, 0.3) is 0 Å². The maximum absolute atomic E-state index is 4.29. The van der Waals surface area contributed by atoms with E-state index in [1.807, 2.05) is 6.07 Å². The van der Waals surface area contributed by atoms with E-state index >= 15 is 0 Å². The van der Waals surface area contributed by atoms with Crippen molar-refractivity contribution in [2.24, 2.45) is 0 Å². The molecule has 0 aliphatic heterocycles. The summed E-state index contributed by atoms with van der Waals surface area (Å²) < 4.78 is 1.64. The molecule has 0 spiro atoms. The molecule has 2 heterocycles. The lowest BCUT2D eigenvalue weighted by Crippen LogP contribution is -1.91. The number of fused-ring (bicyclic) bond motifs is 1. The first kappa shape index (κ1) is 8.29. The minimum Gasteiger partial charge on any atom is -0.325 e. The van der Waals surface area contributed by atoms with E-state index in [9.17, 15) is 0 Å². The van der Waals surface area contributed by atoms with Crippen molar-refractivity contribution < 1.29 is 0 Å². The summed E-state index contributed by atoms with van der Waals surface area (Å²) in [5, 5.41) is 8.34. The second kappa shape index (κ2) is 3.60. The monoisotopic (exact) mass is 178 g/mol. The Labute approximate surface area is 77.0 Å². The van der Waals surface area contributed by atoms with Gasteiger partial charge in [0.05, 0.1) is 6.20 Å². The lowest BCUT2D eigenvalue weighted by Gasteiger charge is -1.92. The predicted octanol–water partition coefficient (Wildman–Crippen LogP) is 1.79. The summed E-state index contributed by atoms with van der Waals surface area (Å²) in [5.74, 6) is 1.04. The number of aryl methyl sites for hydroxylation is 1. The SMILES string of the molecule is CCCCCc1nn2nccc2[nH]1. The average molecular weight is 178 g/mol. The van der Waals surface area contributed by atoms with Crippen molar-refractivity contribution in [2.45, 2.75) is 32.6 Å². The van der Waals surface area contributed by atoms with E-state index in [0.29, 0.717) is 0 Å². The zero-order valence-electron chi connectivity index (χ0n) is 7.82. The van der Waals surface area contributed by atoms with Crippen LogP contribution < -0.4 is 0 Å². The molecule has 0 aliphatic rings. The minimum atomic E-state index is 0.978. The maximum Gasteiger partial charge on any atom is 0.155 e. The highest BCUT2D eigenvalue weighted by Gasteiger charge is 2.01. The number of H-pyrrole nitrogens is 1. The third-order valence-electron chi connectivity index (χ3n) is 2.13. The molecule has 4 nitrogen and oxygen atoms in total. The Balaban J connectivity index is 2.03. The molecule has 0 bridgehead atoms. The predicted molar refractivity (Wildman–Crippen MR) is 50.6 cm³/mol. The van der Waals surface area contributed by atoms with Crippen LogP contribution in [-0.2, 0) is 6.42 Å². The molecule has 4 heteroatoms. The van der Waals surface area contributed by atoms with Gasteiger partial charge in [0, 0.05) is 12.5 Å². The topological polar surface area (TPSA) is 46.0 Å². The Morgan fingerprint density at radius 1 is 1.46 bits per heavy atom. The molecule has 0 atom stereocenters. The van der Waals surface area contributed by atoms with Crippen molar-refractivity contribution in [3.63, 3.8) is 0 Å². The lowest BCUT2D eigenvalue weighted by molar-refractivity contribution is 0.684. The van der Waals surface area contributed by atoms with Crippen LogP contribution in [0, 0.1) is 0 Å². The molecule has 1 N–H and O–H groups in total. The Morgan fingerprint density at radius 2 is 2.38 bits per heavy atom. The van der Waals surface area contributed by atoms with Crippen molar-refractivity contribution in [3.05, 3.63) is 18.1 Å². The average Bonchev–Trinajstić information content (AvgIpc) is 2.64. The summed E-state index contributed by atoms with van der Waals surface area (Å²) in [6, 6.07) is 1.93. The van der Waals surface area contributed by atoms with E-state index in [-0.39, 0.29) is 0 Å². The van der Waals surface area contributed by atoms with Crippen LogP contribution in [0.2, 0.25) is 0 Å². The lowest BCUT2D eigenvalue weighted by atomic mass is 10.2. The summed E-state index contributed by atoms with van der Waals surface area (Å²) in [6.07, 6.45) is 6.49. The van der Waals surface area contributed by atoms with Crippen molar-refractivity contribution in [1.82, 2.24) is 19.8 Å². The Bertz CT molecular complexity index is 345. The molecular formula is C9H14N4. The van der Waals surface area contributed by atoms with Gasteiger partial charge in [-0.15, -0.1) is 9.73 Å². The molecule has 13 heavy (non-hydrogen) atoms. The van der Waals surface area contributed by atoms with Gasteiger partial charge in [-0.25, -0.2) is 0 Å². The number of unbranched alkanes of at least 4 members (excludes halogenated alkanes) is 2. The summed E-state index contributed by atoms with van der Waals surface area (Å²) in [7, 11) is 0. The van der Waals surface area contributed by atoms with Gasteiger partial charge in [-0.1, -0.05) is 19.8 Å². The number of hydrogen-bond acceptors (Lipinski definition) is 2. The van der Waals surface area contributed by atoms with Crippen LogP contribution in [0.25, 0.3) is 5.65 Å². The molecule has 0 amide bonds. The molecular weight excluding hydrogens is 164 g/mol. The number of aromatic nitrogens is 4. The van der Waals surface area contributed by atoms with Crippen LogP contribution in [0.3, 0.4) is 0 Å². The molecule has 0 saturated heterocycles. The normalized spacial score (nSPS) is 11.2. The molecule has 70 valence electrons. The first-order chi connectivity index (χ1) is 6.40. The second-order valence-corrected chi connectivity index (χ2v) is 3.23. The van der Waals surface area contributed by atoms with E-state index in [0.717, 1.165) is 17.9 Å². The van der Waals surface area contributed by atoms with Crippen LogP contribution in [0.1, 0.15) is 32.0 Å². The molecule has 0 unspecified atom stereocenters. The summed E-state index contributed by atoms with van der Waals surface area (Å²) >= 11 is 0. The Morgan fingerprint density at radius 3 is 3.15 bits per heavy atom. The van der Waals surface area contributed by atoms with Crippen LogP contribution in [0.15, 0.2) is 12.3 Å². The first-order valence-electron chi connectivity index (χ1n) is 4.79. The molecule has 0 aromatic carbocycles. The molecule has 0 saturated carbocycles. The summed E-state index contributed by atoms with van der Waals surface area (Å²) in [5.41, 5.74) is 0.978. The van der Waals surface area contributed by atoms with Gasteiger partial charge in [0.15, 0.2) is 5.65 Å². The van der Waals surface area contributed by atoms with Gasteiger partial charge in [0.2, 0.25) is 0 Å². The van der Waals surface area contributed by atoms with Crippen molar-refractivity contribution in [1.29, 1.82) is 0 Å². The van der Waals surface area contributed by atoms with Crippen LogP contribution in [0.5, 0.6) is 0 Å². The number of rotatable bonds is 4. The van der Waals surface area contributed by atoms with E-state index in [1.54, 1.807) is 10.8 Å². The Hall–Kier alpha value is -1.32. The summed E-state index contributed by atoms with van der Waals surface area (Å²) in [6.45, 7) is 2.20. The molecule has 2 rings (SSSR count). The molecule has 2 aromatic rings. The molecule has 0 aliphatic carbocycles. The van der Waals surface area contributed by atoms with Crippen molar-refractivity contribution in [3.8, 4) is 0 Å². The van der Waals surface area contributed by atoms with Crippen LogP contribution >= 0.6 is 0 Å². The van der Waals surface area contributed by atoms with Gasteiger partial charge < -0.3 is 4.98 Å². The maximum atomic E-state index is 4.29. The molecule has 2 aromatic heterocycles. The third-order valence-corrected chi connectivity index (χ3v) is 2.13. The van der Waals surface area contributed by atoms with Gasteiger partial charge in [-0.2, -0.15) is 5.10 Å². The highest BCUT2D eigenvalue weighted by Crippen LogP contribution is 2.04. The number of aromatic amines is 1. The zero-order valence-corrected chi connectivity index (χ0v) is 7.82. The fourth-order valence-corrected chi connectivity index (χ4v) is 1.41. The van der Waals surface area contributed by atoms with Crippen molar-refractivity contribution in [2.75, 3.05) is 0 Å². The fraction of sp³-hybridized carbons (Fsp3) is 0.556.